The van der Waals surface area contributed by atoms with Gasteiger partial charge in [0.15, 0.2) is 5.78 Å². The van der Waals surface area contributed by atoms with Crippen LogP contribution in [0.15, 0.2) is 30.3 Å². The Hall–Kier alpha value is -0.933. The average Bonchev–Trinajstić information content (AvgIpc) is 2.91. The zero-order valence-corrected chi connectivity index (χ0v) is 13.6. The molecule has 3 heteroatoms. The summed E-state index contributed by atoms with van der Waals surface area (Å²) in [6, 6.07) is 9.65. The van der Waals surface area contributed by atoms with Crippen LogP contribution in [-0.2, 0) is 0 Å². The summed E-state index contributed by atoms with van der Waals surface area (Å²) < 4.78 is 0. The predicted molar refractivity (Wildman–Crippen MR) is 83.6 cm³/mol. The van der Waals surface area contributed by atoms with E-state index in [0.29, 0.717) is 5.92 Å². The highest BCUT2D eigenvalue weighted by atomic mass is 28.3. The molecule has 2 bridgehead atoms. The van der Waals surface area contributed by atoms with Gasteiger partial charge in [0, 0.05) is 16.5 Å². The van der Waals surface area contributed by atoms with E-state index in [1.165, 1.54) is 0 Å². The van der Waals surface area contributed by atoms with Gasteiger partial charge in [0.25, 0.3) is 0 Å². The molecule has 4 unspecified atom stereocenters. The van der Waals surface area contributed by atoms with E-state index < -0.39 is 8.07 Å². The van der Waals surface area contributed by atoms with Crippen LogP contribution in [0.4, 0.5) is 0 Å². The first-order valence-corrected chi connectivity index (χ1v) is 11.2. The fourth-order valence-corrected chi connectivity index (χ4v) is 8.17. The van der Waals surface area contributed by atoms with Crippen LogP contribution in [0.3, 0.4) is 0 Å². The van der Waals surface area contributed by atoms with Gasteiger partial charge in [-0.05, 0) is 25.2 Å². The van der Waals surface area contributed by atoms with Crippen LogP contribution in [0.2, 0.25) is 24.7 Å². The summed E-state index contributed by atoms with van der Waals surface area (Å²) in [4.78, 5) is 13.0. The first kappa shape index (κ1) is 14.0. The number of Topliss-reactive ketones (excluding diaryl/α,β-unsaturated/α-hetero) is 1. The highest BCUT2D eigenvalue weighted by Crippen LogP contribution is 2.68. The van der Waals surface area contributed by atoms with Gasteiger partial charge in [-0.25, -0.2) is 0 Å². The van der Waals surface area contributed by atoms with E-state index in [9.17, 15) is 9.90 Å². The smallest absolute Gasteiger partial charge is 0.166 e. The number of ketones is 1. The lowest BCUT2D eigenvalue weighted by molar-refractivity contribution is 0.0829. The van der Waals surface area contributed by atoms with Gasteiger partial charge in [-0.3, -0.25) is 4.79 Å². The summed E-state index contributed by atoms with van der Waals surface area (Å²) in [5.74, 6) is 0.711. The minimum Gasteiger partial charge on any atom is -0.393 e. The highest BCUT2D eigenvalue weighted by Gasteiger charge is 2.66. The number of carbonyl (C=O) groups is 1. The maximum Gasteiger partial charge on any atom is 0.166 e. The van der Waals surface area contributed by atoms with Gasteiger partial charge in [0.1, 0.15) is 0 Å². The minimum atomic E-state index is -1.63. The zero-order valence-electron chi connectivity index (χ0n) is 12.6. The van der Waals surface area contributed by atoms with Crippen molar-refractivity contribution in [1.29, 1.82) is 0 Å². The van der Waals surface area contributed by atoms with Crippen LogP contribution in [0, 0.1) is 11.8 Å². The maximum absolute atomic E-state index is 13.0. The van der Waals surface area contributed by atoms with Crippen molar-refractivity contribution >= 4 is 13.9 Å². The van der Waals surface area contributed by atoms with Crippen molar-refractivity contribution in [1.82, 2.24) is 0 Å². The third-order valence-electron chi connectivity index (χ3n) is 5.81. The Kier molecular flexibility index (Phi) is 3.18. The predicted octanol–water partition coefficient (Wildman–Crippen LogP) is 3.74. The Morgan fingerprint density at radius 3 is 2.45 bits per heavy atom. The quantitative estimate of drug-likeness (QED) is 0.679. The number of rotatable bonds is 3. The molecule has 2 aliphatic rings. The van der Waals surface area contributed by atoms with Gasteiger partial charge in [-0.2, -0.15) is 0 Å². The molecule has 0 aromatic heterocycles. The Morgan fingerprint density at radius 1 is 1.25 bits per heavy atom. The number of aliphatic hydroxyl groups is 1. The van der Waals surface area contributed by atoms with Gasteiger partial charge in [0.2, 0.25) is 0 Å². The Balaban J connectivity index is 2.03. The summed E-state index contributed by atoms with van der Waals surface area (Å²) in [5, 5.41) is 10.5. The van der Waals surface area contributed by atoms with Gasteiger partial charge < -0.3 is 5.11 Å². The molecule has 2 fully saturated rings. The lowest BCUT2D eigenvalue weighted by atomic mass is 9.87. The van der Waals surface area contributed by atoms with Crippen LogP contribution in [0.25, 0.3) is 0 Å². The second-order valence-corrected chi connectivity index (χ2v) is 13.0. The van der Waals surface area contributed by atoms with Crippen molar-refractivity contribution in [2.75, 3.05) is 0 Å². The van der Waals surface area contributed by atoms with Gasteiger partial charge in [-0.1, -0.05) is 50.0 Å². The van der Waals surface area contributed by atoms with Crippen molar-refractivity contribution in [2.24, 2.45) is 11.8 Å². The summed E-state index contributed by atoms with van der Waals surface area (Å²) in [7, 11) is -1.63. The summed E-state index contributed by atoms with van der Waals surface area (Å²) in [6.45, 7) is 6.94. The van der Waals surface area contributed by atoms with Gasteiger partial charge in [-0.15, -0.1) is 0 Å². The normalized spacial score (nSPS) is 36.3. The van der Waals surface area contributed by atoms with E-state index in [2.05, 4.69) is 19.6 Å². The molecular weight excluding hydrogens is 264 g/mol. The summed E-state index contributed by atoms with van der Waals surface area (Å²) >= 11 is 0. The molecule has 3 rings (SSSR count). The molecule has 1 aromatic rings. The topological polar surface area (TPSA) is 37.3 Å². The number of benzene rings is 1. The molecule has 0 aliphatic heterocycles. The zero-order chi connectivity index (χ0) is 14.5. The lowest BCUT2D eigenvalue weighted by Crippen LogP contribution is -2.48. The third kappa shape index (κ3) is 1.76. The third-order valence-corrected chi connectivity index (χ3v) is 9.50. The molecule has 1 aromatic carbocycles. The first-order valence-electron chi connectivity index (χ1n) is 7.65. The first-order chi connectivity index (χ1) is 9.38. The van der Waals surface area contributed by atoms with E-state index in [0.717, 1.165) is 24.8 Å². The molecule has 0 spiro atoms. The Labute approximate surface area is 122 Å². The van der Waals surface area contributed by atoms with Crippen molar-refractivity contribution in [2.45, 2.75) is 50.0 Å². The number of fused-ring (bicyclic) bond motifs is 2. The Bertz CT molecular complexity index is 520. The highest BCUT2D eigenvalue weighted by molar-refractivity contribution is 6.79. The number of carbonyl (C=O) groups excluding carboxylic acids is 1. The monoisotopic (exact) mass is 288 g/mol. The Morgan fingerprint density at radius 2 is 1.90 bits per heavy atom. The molecule has 2 saturated carbocycles. The van der Waals surface area contributed by atoms with Crippen LogP contribution in [0.1, 0.15) is 29.6 Å². The van der Waals surface area contributed by atoms with Crippen LogP contribution < -0.4 is 0 Å². The molecule has 0 amide bonds. The van der Waals surface area contributed by atoms with E-state index in [1.807, 2.05) is 30.3 Å². The van der Waals surface area contributed by atoms with E-state index in [-0.39, 0.29) is 22.8 Å². The standard InChI is InChI=1S/C17H24O2Si/c1-20(2,3)17-10-9-13(11-14(17)18)15(17)16(19)12-7-5-4-6-8-12/h4-8,13-15,18H,9-11H2,1-3H3. The second kappa shape index (κ2) is 4.53. The largest absolute Gasteiger partial charge is 0.393 e. The molecule has 0 radical (unpaired) electrons. The lowest BCUT2D eigenvalue weighted by Gasteiger charge is -2.45. The maximum atomic E-state index is 13.0. The number of hydrogen-bond acceptors (Lipinski definition) is 2. The SMILES string of the molecule is C[Si](C)(C)C12CCC(CC1O)C2C(=O)c1ccccc1. The van der Waals surface area contributed by atoms with Crippen molar-refractivity contribution in [3.63, 3.8) is 0 Å². The van der Waals surface area contributed by atoms with E-state index >= 15 is 0 Å². The molecule has 20 heavy (non-hydrogen) atoms. The molecule has 0 saturated heterocycles. The minimum absolute atomic E-state index is 0.0477. The van der Waals surface area contributed by atoms with E-state index in [1.54, 1.807) is 0 Å². The van der Waals surface area contributed by atoms with Crippen LogP contribution >= 0.6 is 0 Å². The van der Waals surface area contributed by atoms with Crippen molar-refractivity contribution in [3.8, 4) is 0 Å². The summed E-state index contributed by atoms with van der Waals surface area (Å²) in [5.41, 5.74) is 0.820. The van der Waals surface area contributed by atoms with Gasteiger partial charge >= 0.3 is 0 Å². The molecule has 4 atom stereocenters. The molecule has 108 valence electrons. The average molecular weight is 288 g/mol. The van der Waals surface area contributed by atoms with Crippen molar-refractivity contribution < 1.29 is 9.90 Å². The molecule has 2 aliphatic carbocycles. The van der Waals surface area contributed by atoms with Crippen LogP contribution in [0.5, 0.6) is 0 Å². The fourth-order valence-electron chi connectivity index (χ4n) is 4.86. The van der Waals surface area contributed by atoms with Gasteiger partial charge in [0.05, 0.1) is 14.2 Å². The summed E-state index contributed by atoms with van der Waals surface area (Å²) in [6.07, 6.45) is 2.71. The molecule has 2 nitrogen and oxygen atoms in total. The molecular formula is C17H24O2Si. The second-order valence-electron chi connectivity index (χ2n) is 7.55. The number of aliphatic hydroxyl groups excluding tert-OH is 1. The van der Waals surface area contributed by atoms with Crippen molar-refractivity contribution in [3.05, 3.63) is 35.9 Å². The van der Waals surface area contributed by atoms with E-state index in [4.69, 9.17) is 0 Å². The molecule has 0 heterocycles. The van der Waals surface area contributed by atoms with Crippen LogP contribution in [-0.4, -0.2) is 25.1 Å². The number of hydrogen-bond donors (Lipinski definition) is 1. The fraction of sp³-hybridized carbons (Fsp3) is 0.588. The molecule has 1 N–H and O–H groups in total.